The molecule has 0 fully saturated rings. The molecule has 22 heavy (non-hydrogen) atoms. The molecule has 0 saturated heterocycles. The van der Waals surface area contributed by atoms with Crippen LogP contribution in [0.4, 0.5) is 0 Å². The van der Waals surface area contributed by atoms with E-state index in [0.717, 1.165) is 5.69 Å². The first-order valence-electron chi connectivity index (χ1n) is 7.03. The lowest BCUT2D eigenvalue weighted by molar-refractivity contribution is 0.0988. The predicted molar refractivity (Wildman–Crippen MR) is 83.4 cm³/mol. The molecule has 1 atom stereocenters. The summed E-state index contributed by atoms with van der Waals surface area (Å²) < 4.78 is 1.64. The van der Waals surface area contributed by atoms with Crippen LogP contribution in [0, 0.1) is 13.8 Å². The van der Waals surface area contributed by atoms with Crippen molar-refractivity contribution in [2.45, 2.75) is 51.6 Å². The van der Waals surface area contributed by atoms with Crippen LogP contribution in [0.25, 0.3) is 0 Å². The van der Waals surface area contributed by atoms with Gasteiger partial charge in [0.05, 0.1) is 10.9 Å². The second kappa shape index (κ2) is 6.43. The van der Waals surface area contributed by atoms with Crippen molar-refractivity contribution in [1.29, 1.82) is 0 Å². The van der Waals surface area contributed by atoms with Crippen molar-refractivity contribution in [2.24, 2.45) is 0 Å². The molecule has 0 saturated carbocycles. The molecule has 0 radical (unpaired) electrons. The van der Waals surface area contributed by atoms with Crippen LogP contribution >= 0.6 is 11.8 Å². The Morgan fingerprint density at radius 3 is 2.59 bits per heavy atom. The van der Waals surface area contributed by atoms with Gasteiger partial charge in [-0.3, -0.25) is 9.59 Å². The lowest BCUT2D eigenvalue weighted by Gasteiger charge is -2.09. The SMILES string of the molecule is CCn1nnnc1S[C@H](C)C(=O)c1[nH]c(C)c(C(C)=O)c1C. The van der Waals surface area contributed by atoms with Gasteiger partial charge in [0.25, 0.3) is 0 Å². The number of aryl methyl sites for hydroxylation is 2. The molecule has 2 aromatic rings. The Bertz CT molecular complexity index is 719. The van der Waals surface area contributed by atoms with Gasteiger partial charge in [-0.1, -0.05) is 11.8 Å². The van der Waals surface area contributed by atoms with E-state index in [0.29, 0.717) is 28.5 Å². The number of aromatic nitrogens is 5. The number of thioether (sulfide) groups is 1. The number of hydrogen-bond donors (Lipinski definition) is 1. The van der Waals surface area contributed by atoms with Crippen LogP contribution in [0.3, 0.4) is 0 Å². The summed E-state index contributed by atoms with van der Waals surface area (Å²) in [6.07, 6.45) is 0. The van der Waals surface area contributed by atoms with Gasteiger partial charge >= 0.3 is 0 Å². The Kier molecular flexibility index (Phi) is 4.80. The summed E-state index contributed by atoms with van der Waals surface area (Å²) in [5.74, 6) is -0.107. The van der Waals surface area contributed by atoms with Gasteiger partial charge in [-0.25, -0.2) is 4.68 Å². The molecule has 0 aliphatic carbocycles. The number of hydrogen-bond acceptors (Lipinski definition) is 6. The number of tetrazole rings is 1. The quantitative estimate of drug-likeness (QED) is 0.647. The fraction of sp³-hybridized carbons (Fsp3) is 0.500. The molecule has 0 unspecified atom stereocenters. The topological polar surface area (TPSA) is 93.5 Å². The molecule has 0 aliphatic rings. The van der Waals surface area contributed by atoms with Crippen molar-refractivity contribution in [3.63, 3.8) is 0 Å². The van der Waals surface area contributed by atoms with E-state index in [2.05, 4.69) is 20.5 Å². The molecule has 118 valence electrons. The average Bonchev–Trinajstić information content (AvgIpc) is 3.01. The largest absolute Gasteiger partial charge is 0.355 e. The first-order chi connectivity index (χ1) is 10.4. The molecule has 8 heteroatoms. The molecule has 0 spiro atoms. The lowest BCUT2D eigenvalue weighted by Crippen LogP contribution is -2.16. The fourth-order valence-electron chi connectivity index (χ4n) is 2.42. The average molecular weight is 321 g/mol. The minimum atomic E-state index is -0.354. The first-order valence-corrected chi connectivity index (χ1v) is 7.91. The number of Topliss-reactive ketones (excluding diaryl/α,β-unsaturated/α-hetero) is 2. The maximum Gasteiger partial charge on any atom is 0.210 e. The van der Waals surface area contributed by atoms with Gasteiger partial charge in [0, 0.05) is 17.8 Å². The zero-order valence-electron chi connectivity index (χ0n) is 13.3. The maximum absolute atomic E-state index is 12.6. The van der Waals surface area contributed by atoms with Crippen molar-refractivity contribution < 1.29 is 9.59 Å². The van der Waals surface area contributed by atoms with E-state index in [4.69, 9.17) is 0 Å². The highest BCUT2D eigenvalue weighted by molar-refractivity contribution is 8.00. The normalized spacial score (nSPS) is 12.4. The van der Waals surface area contributed by atoms with Crippen LogP contribution in [-0.4, -0.2) is 42.0 Å². The molecular weight excluding hydrogens is 302 g/mol. The third-order valence-electron chi connectivity index (χ3n) is 3.49. The Morgan fingerprint density at radius 1 is 1.36 bits per heavy atom. The monoisotopic (exact) mass is 321 g/mol. The van der Waals surface area contributed by atoms with Gasteiger partial charge in [-0.2, -0.15) is 0 Å². The maximum atomic E-state index is 12.6. The Labute approximate surface area is 132 Å². The zero-order valence-corrected chi connectivity index (χ0v) is 14.1. The summed E-state index contributed by atoms with van der Waals surface area (Å²) >= 11 is 1.31. The van der Waals surface area contributed by atoms with Crippen molar-refractivity contribution in [2.75, 3.05) is 0 Å². The highest BCUT2D eigenvalue weighted by atomic mass is 32.2. The summed E-state index contributed by atoms with van der Waals surface area (Å²) in [5.41, 5.74) is 2.51. The summed E-state index contributed by atoms with van der Waals surface area (Å²) in [6.45, 7) is 9.49. The van der Waals surface area contributed by atoms with Crippen molar-refractivity contribution >= 4 is 23.3 Å². The molecule has 0 aliphatic heterocycles. The third-order valence-corrected chi connectivity index (χ3v) is 4.56. The number of nitrogens with zero attached hydrogens (tertiary/aromatic N) is 4. The number of H-pyrrole nitrogens is 1. The van der Waals surface area contributed by atoms with Crippen LogP contribution in [0.5, 0.6) is 0 Å². The number of carbonyl (C=O) groups excluding carboxylic acids is 2. The number of nitrogens with one attached hydrogen (secondary N) is 1. The summed E-state index contributed by atoms with van der Waals surface area (Å²) in [6, 6.07) is 0. The Morgan fingerprint density at radius 2 is 2.05 bits per heavy atom. The lowest BCUT2D eigenvalue weighted by atomic mass is 10.0. The number of carbonyl (C=O) groups is 2. The van der Waals surface area contributed by atoms with Crippen LogP contribution in [0.1, 0.15) is 52.9 Å². The van der Waals surface area contributed by atoms with Gasteiger partial charge < -0.3 is 4.98 Å². The van der Waals surface area contributed by atoms with E-state index >= 15 is 0 Å². The molecule has 0 bridgehead atoms. The first kappa shape index (κ1) is 16.4. The summed E-state index contributed by atoms with van der Waals surface area (Å²) in [4.78, 5) is 27.3. The number of ketones is 2. The molecular formula is C14H19N5O2S. The third kappa shape index (κ3) is 2.96. The van der Waals surface area contributed by atoms with E-state index in [-0.39, 0.29) is 16.8 Å². The van der Waals surface area contributed by atoms with Gasteiger partial charge in [0.1, 0.15) is 0 Å². The zero-order chi connectivity index (χ0) is 16.4. The van der Waals surface area contributed by atoms with E-state index in [1.165, 1.54) is 18.7 Å². The second-order valence-electron chi connectivity index (χ2n) is 5.08. The van der Waals surface area contributed by atoms with Crippen molar-refractivity contribution in [3.05, 3.63) is 22.5 Å². The van der Waals surface area contributed by atoms with E-state index in [9.17, 15) is 9.59 Å². The molecule has 2 heterocycles. The smallest absolute Gasteiger partial charge is 0.210 e. The molecule has 0 aromatic carbocycles. The Hall–Kier alpha value is -1.96. The molecule has 7 nitrogen and oxygen atoms in total. The highest BCUT2D eigenvalue weighted by Gasteiger charge is 2.25. The minimum absolute atomic E-state index is 0.0412. The van der Waals surface area contributed by atoms with E-state index < -0.39 is 0 Å². The molecule has 2 rings (SSSR count). The Balaban J connectivity index is 2.25. The van der Waals surface area contributed by atoms with Crippen molar-refractivity contribution in [3.8, 4) is 0 Å². The highest BCUT2D eigenvalue weighted by Crippen LogP contribution is 2.26. The second-order valence-corrected chi connectivity index (χ2v) is 6.39. The molecule has 0 amide bonds. The number of aromatic amines is 1. The van der Waals surface area contributed by atoms with Crippen LogP contribution in [0.2, 0.25) is 0 Å². The summed E-state index contributed by atoms with van der Waals surface area (Å²) in [5, 5.41) is 11.6. The molecule has 1 N–H and O–H groups in total. The van der Waals surface area contributed by atoms with E-state index in [1.54, 1.807) is 18.5 Å². The molecule has 2 aromatic heterocycles. The van der Waals surface area contributed by atoms with Crippen LogP contribution in [-0.2, 0) is 6.54 Å². The van der Waals surface area contributed by atoms with Gasteiger partial charge in [-0.05, 0) is 50.6 Å². The minimum Gasteiger partial charge on any atom is -0.355 e. The fourth-order valence-corrected chi connectivity index (χ4v) is 3.33. The van der Waals surface area contributed by atoms with Crippen LogP contribution in [0.15, 0.2) is 5.16 Å². The van der Waals surface area contributed by atoms with Gasteiger partial charge in [-0.15, -0.1) is 5.10 Å². The summed E-state index contributed by atoms with van der Waals surface area (Å²) in [7, 11) is 0. The predicted octanol–water partition coefficient (Wildman–Crippen LogP) is 2.20. The number of rotatable bonds is 6. The van der Waals surface area contributed by atoms with Gasteiger partial charge in [0.2, 0.25) is 5.16 Å². The van der Waals surface area contributed by atoms with Gasteiger partial charge in [0.15, 0.2) is 11.6 Å². The standard InChI is InChI=1S/C14H19N5O2S/c1-6-19-14(16-17-18-19)22-10(5)13(21)12-7(2)11(9(4)20)8(3)15-12/h10,15H,6H2,1-5H3/t10-/m1/s1. The van der Waals surface area contributed by atoms with E-state index in [1.807, 2.05) is 13.8 Å². The van der Waals surface area contributed by atoms with Crippen molar-refractivity contribution in [1.82, 2.24) is 25.2 Å². The van der Waals surface area contributed by atoms with Crippen LogP contribution < -0.4 is 0 Å².